The Morgan fingerprint density at radius 3 is 3.00 bits per heavy atom. The van der Waals surface area contributed by atoms with Gasteiger partial charge in [0.2, 0.25) is 0 Å². The molecule has 0 saturated carbocycles. The van der Waals surface area contributed by atoms with Gasteiger partial charge < -0.3 is 0 Å². The summed E-state index contributed by atoms with van der Waals surface area (Å²) >= 11 is 0. The van der Waals surface area contributed by atoms with E-state index in [4.69, 9.17) is 0 Å². The Morgan fingerprint density at radius 1 is 1.08 bits per heavy atom. The normalized spacial score (nSPS) is 14.0. The number of aromatic amines is 2. The minimum atomic E-state index is 1.04. The number of H-pyrrole nitrogens is 2. The third-order valence-corrected chi connectivity index (χ3v) is 2.35. The summed E-state index contributed by atoms with van der Waals surface area (Å²) in [6.45, 7) is 0. The van der Waals surface area contributed by atoms with E-state index >= 15 is 0 Å². The van der Waals surface area contributed by atoms with Crippen LogP contribution in [0.2, 0.25) is 0 Å². The zero-order chi connectivity index (χ0) is 7.97. The van der Waals surface area contributed by atoms with Gasteiger partial charge in [-0.25, -0.2) is 0 Å². The number of hydrogen-bond acceptors (Lipinski definition) is 2. The molecule has 0 radical (unpaired) electrons. The van der Waals surface area contributed by atoms with Crippen molar-refractivity contribution in [3.63, 3.8) is 0 Å². The van der Waals surface area contributed by atoms with E-state index in [9.17, 15) is 0 Å². The molecule has 2 N–H and O–H groups in total. The number of aromatic nitrogens is 4. The zero-order valence-corrected chi connectivity index (χ0v) is 6.46. The second-order valence-corrected chi connectivity index (χ2v) is 3.03. The second kappa shape index (κ2) is 1.97. The van der Waals surface area contributed by atoms with Crippen LogP contribution in [0.4, 0.5) is 0 Å². The van der Waals surface area contributed by atoms with Gasteiger partial charge in [-0.1, -0.05) is 0 Å². The lowest BCUT2D eigenvalue weighted by Gasteiger charge is -2.08. The summed E-state index contributed by atoms with van der Waals surface area (Å²) in [5, 5.41) is 14.0. The van der Waals surface area contributed by atoms with Gasteiger partial charge in [0.1, 0.15) is 0 Å². The Hall–Kier alpha value is -1.58. The number of rotatable bonds is 0. The molecule has 0 saturated heterocycles. The molecule has 0 spiro atoms. The van der Waals surface area contributed by atoms with E-state index in [1.807, 2.05) is 12.4 Å². The first-order chi connectivity index (χ1) is 5.95. The molecular weight excluding hydrogens is 152 g/mol. The summed E-state index contributed by atoms with van der Waals surface area (Å²) in [5.74, 6) is 0. The fraction of sp³-hybridized carbons (Fsp3) is 0.250. The van der Waals surface area contributed by atoms with Crippen LogP contribution in [0, 0.1) is 0 Å². The topological polar surface area (TPSA) is 57.4 Å². The van der Waals surface area contributed by atoms with Gasteiger partial charge in [-0.2, -0.15) is 10.2 Å². The average Bonchev–Trinajstić information content (AvgIpc) is 2.71. The molecule has 0 aliphatic heterocycles. The Labute approximate surface area is 69.0 Å². The van der Waals surface area contributed by atoms with E-state index in [2.05, 4.69) is 20.4 Å². The van der Waals surface area contributed by atoms with E-state index in [0.717, 1.165) is 18.5 Å². The number of hydrogen-bond donors (Lipinski definition) is 2. The first-order valence-electron chi connectivity index (χ1n) is 4.00. The van der Waals surface area contributed by atoms with Crippen molar-refractivity contribution in [3.8, 4) is 11.3 Å². The standard InChI is InChI=1S/C8H8N4/c1-2-7-6(4-10-11-7)8-5(1)3-9-12-8/h3-4H,1-2H2,(H,9,12)(H,10,11). The van der Waals surface area contributed by atoms with Crippen molar-refractivity contribution in [1.82, 2.24) is 20.4 Å². The molecule has 1 aliphatic rings. The van der Waals surface area contributed by atoms with Crippen molar-refractivity contribution in [2.24, 2.45) is 0 Å². The highest BCUT2D eigenvalue weighted by Gasteiger charge is 2.18. The van der Waals surface area contributed by atoms with Gasteiger partial charge in [-0.3, -0.25) is 10.2 Å². The summed E-state index contributed by atoms with van der Waals surface area (Å²) in [7, 11) is 0. The van der Waals surface area contributed by atoms with Crippen molar-refractivity contribution in [2.45, 2.75) is 12.8 Å². The lowest BCUT2D eigenvalue weighted by atomic mass is 9.97. The van der Waals surface area contributed by atoms with Crippen LogP contribution in [0.25, 0.3) is 11.3 Å². The monoisotopic (exact) mass is 160 g/mol. The SMILES string of the molecule is c1n[nH]c2c1CCc1[nH]ncc1-2. The highest BCUT2D eigenvalue weighted by Crippen LogP contribution is 2.29. The fourth-order valence-corrected chi connectivity index (χ4v) is 1.71. The van der Waals surface area contributed by atoms with E-state index in [-0.39, 0.29) is 0 Å². The zero-order valence-electron chi connectivity index (χ0n) is 6.46. The molecule has 60 valence electrons. The van der Waals surface area contributed by atoms with Crippen molar-refractivity contribution in [1.29, 1.82) is 0 Å². The molecule has 2 aromatic rings. The fourth-order valence-electron chi connectivity index (χ4n) is 1.71. The molecule has 0 atom stereocenters. The molecule has 0 aromatic carbocycles. The molecule has 0 unspecified atom stereocenters. The minimum Gasteiger partial charge on any atom is -0.282 e. The third kappa shape index (κ3) is 0.617. The predicted octanol–water partition coefficient (Wildman–Crippen LogP) is 0.898. The first-order valence-corrected chi connectivity index (χ1v) is 4.00. The van der Waals surface area contributed by atoms with Gasteiger partial charge in [0, 0.05) is 11.3 Å². The van der Waals surface area contributed by atoms with Crippen molar-refractivity contribution < 1.29 is 0 Å². The average molecular weight is 160 g/mol. The van der Waals surface area contributed by atoms with Crippen LogP contribution in [0.3, 0.4) is 0 Å². The molecule has 2 heterocycles. The van der Waals surface area contributed by atoms with E-state index < -0.39 is 0 Å². The van der Waals surface area contributed by atoms with Crippen molar-refractivity contribution in [2.75, 3.05) is 0 Å². The smallest absolute Gasteiger partial charge is 0.0716 e. The van der Waals surface area contributed by atoms with E-state index in [1.165, 1.54) is 16.8 Å². The summed E-state index contributed by atoms with van der Waals surface area (Å²) in [4.78, 5) is 0. The maximum Gasteiger partial charge on any atom is 0.0716 e. The van der Waals surface area contributed by atoms with Crippen LogP contribution in [0.15, 0.2) is 12.4 Å². The molecule has 1 aliphatic carbocycles. The highest BCUT2D eigenvalue weighted by molar-refractivity contribution is 5.66. The van der Waals surface area contributed by atoms with Gasteiger partial charge in [-0.15, -0.1) is 0 Å². The largest absolute Gasteiger partial charge is 0.282 e. The van der Waals surface area contributed by atoms with Crippen molar-refractivity contribution >= 4 is 0 Å². The van der Waals surface area contributed by atoms with Gasteiger partial charge in [0.15, 0.2) is 0 Å². The van der Waals surface area contributed by atoms with Gasteiger partial charge in [-0.05, 0) is 18.4 Å². The number of nitrogens with one attached hydrogen (secondary N) is 2. The molecule has 4 nitrogen and oxygen atoms in total. The third-order valence-electron chi connectivity index (χ3n) is 2.35. The molecule has 0 amide bonds. The Balaban J connectivity index is 2.32. The van der Waals surface area contributed by atoms with Crippen LogP contribution in [0.5, 0.6) is 0 Å². The maximum atomic E-state index is 4.02. The van der Waals surface area contributed by atoms with Crippen LogP contribution in [-0.4, -0.2) is 20.4 Å². The maximum absolute atomic E-state index is 4.02. The Kier molecular flexibility index (Phi) is 0.983. The molecule has 4 heteroatoms. The van der Waals surface area contributed by atoms with Gasteiger partial charge in [0.25, 0.3) is 0 Å². The summed E-state index contributed by atoms with van der Waals surface area (Å²) < 4.78 is 0. The highest BCUT2D eigenvalue weighted by atomic mass is 15.1. The van der Waals surface area contributed by atoms with Crippen LogP contribution in [0.1, 0.15) is 11.3 Å². The number of aryl methyl sites for hydroxylation is 2. The molecule has 12 heavy (non-hydrogen) atoms. The van der Waals surface area contributed by atoms with E-state index in [0.29, 0.717) is 0 Å². The summed E-state index contributed by atoms with van der Waals surface area (Å²) in [5.41, 5.74) is 4.81. The van der Waals surface area contributed by atoms with Crippen LogP contribution in [-0.2, 0) is 12.8 Å². The van der Waals surface area contributed by atoms with Crippen LogP contribution < -0.4 is 0 Å². The lowest BCUT2D eigenvalue weighted by molar-refractivity contribution is 0.882. The molecule has 0 bridgehead atoms. The molecular formula is C8H8N4. The van der Waals surface area contributed by atoms with Gasteiger partial charge in [0.05, 0.1) is 18.1 Å². The number of fused-ring (bicyclic) bond motifs is 3. The predicted molar refractivity (Wildman–Crippen MR) is 43.6 cm³/mol. The molecule has 3 rings (SSSR count). The Bertz CT molecular complexity index is 372. The van der Waals surface area contributed by atoms with Gasteiger partial charge >= 0.3 is 0 Å². The minimum absolute atomic E-state index is 1.04. The summed E-state index contributed by atoms with van der Waals surface area (Å²) in [6, 6.07) is 0. The molecule has 0 fully saturated rings. The molecule has 2 aromatic heterocycles. The Morgan fingerprint density at radius 2 is 2.00 bits per heavy atom. The van der Waals surface area contributed by atoms with E-state index in [1.54, 1.807) is 0 Å². The summed E-state index contributed by atoms with van der Waals surface area (Å²) in [6.07, 6.45) is 5.85. The first kappa shape index (κ1) is 5.99. The lowest BCUT2D eigenvalue weighted by Crippen LogP contribution is -2.00. The van der Waals surface area contributed by atoms with Crippen LogP contribution >= 0.6 is 0 Å². The second-order valence-electron chi connectivity index (χ2n) is 3.03. The quantitative estimate of drug-likeness (QED) is 0.601. The number of nitrogens with zero attached hydrogens (tertiary/aromatic N) is 2. The van der Waals surface area contributed by atoms with Crippen molar-refractivity contribution in [3.05, 3.63) is 23.7 Å².